The lowest BCUT2D eigenvalue weighted by Gasteiger charge is -2.04. The van der Waals surface area contributed by atoms with Crippen molar-refractivity contribution in [3.63, 3.8) is 0 Å². The highest BCUT2D eigenvalue weighted by Crippen LogP contribution is 2.05. The molecule has 0 aliphatic carbocycles. The molecule has 4 nitrogen and oxygen atoms in total. The number of aromatic nitrogens is 2. The molecule has 0 saturated carbocycles. The third kappa shape index (κ3) is 5.65. The van der Waals surface area contributed by atoms with Crippen LogP contribution in [0.15, 0.2) is 24.0 Å². The average Bonchev–Trinajstić information content (AvgIpc) is 2.69. The highest BCUT2D eigenvalue weighted by Gasteiger charge is 1.99. The zero-order valence-electron chi connectivity index (χ0n) is 11.1. The van der Waals surface area contributed by atoms with Crippen molar-refractivity contribution in [1.29, 1.82) is 0 Å². The van der Waals surface area contributed by atoms with Gasteiger partial charge in [-0.2, -0.15) is 0 Å². The molecule has 0 atom stereocenters. The summed E-state index contributed by atoms with van der Waals surface area (Å²) < 4.78 is 7.03. The number of allylic oxidation sites excluding steroid dienone is 1. The predicted octanol–water partition coefficient (Wildman–Crippen LogP) is 1.53. The zero-order valence-corrected chi connectivity index (χ0v) is 11.1. The molecule has 17 heavy (non-hydrogen) atoms. The van der Waals surface area contributed by atoms with Gasteiger partial charge in [0.2, 0.25) is 0 Å². The van der Waals surface area contributed by atoms with E-state index in [-0.39, 0.29) is 0 Å². The van der Waals surface area contributed by atoms with Gasteiger partial charge in [-0.1, -0.05) is 11.6 Å². The summed E-state index contributed by atoms with van der Waals surface area (Å²) in [4.78, 5) is 4.31. The summed E-state index contributed by atoms with van der Waals surface area (Å²) >= 11 is 0. The van der Waals surface area contributed by atoms with E-state index in [0.29, 0.717) is 0 Å². The van der Waals surface area contributed by atoms with Crippen LogP contribution < -0.4 is 5.32 Å². The standard InChI is InChI=1S/C13H23N3O/c1-12(5-4-6-14-8-10-17-3)11-13-15-7-9-16(13)2/h5,7,9,14H,4,6,8,10-11H2,1-3H3. The molecule has 0 aromatic carbocycles. The summed E-state index contributed by atoms with van der Waals surface area (Å²) in [6.45, 7) is 4.85. The van der Waals surface area contributed by atoms with Crippen molar-refractivity contribution in [3.05, 3.63) is 29.9 Å². The van der Waals surface area contributed by atoms with E-state index in [9.17, 15) is 0 Å². The molecule has 4 heteroatoms. The van der Waals surface area contributed by atoms with E-state index in [1.54, 1.807) is 7.11 Å². The van der Waals surface area contributed by atoms with Crippen LogP contribution in [0.3, 0.4) is 0 Å². The van der Waals surface area contributed by atoms with Crippen molar-refractivity contribution < 1.29 is 4.74 Å². The van der Waals surface area contributed by atoms with Gasteiger partial charge < -0.3 is 14.6 Å². The topological polar surface area (TPSA) is 39.1 Å². The number of nitrogens with one attached hydrogen (secondary N) is 1. The molecule has 1 rings (SSSR count). The van der Waals surface area contributed by atoms with Crippen molar-refractivity contribution in [2.45, 2.75) is 19.8 Å². The maximum atomic E-state index is 4.96. The van der Waals surface area contributed by atoms with Crippen molar-refractivity contribution in [1.82, 2.24) is 14.9 Å². The Morgan fingerprint density at radius 1 is 1.53 bits per heavy atom. The SMILES string of the molecule is COCCNCCC=C(C)Cc1nccn1C. The van der Waals surface area contributed by atoms with Crippen LogP contribution in [0.1, 0.15) is 19.2 Å². The molecule has 1 aromatic rings. The molecule has 0 spiro atoms. The molecular weight excluding hydrogens is 214 g/mol. The molecule has 1 aromatic heterocycles. The van der Waals surface area contributed by atoms with Crippen LogP contribution in [0.25, 0.3) is 0 Å². The second-order valence-corrected chi connectivity index (χ2v) is 4.21. The lowest BCUT2D eigenvalue weighted by atomic mass is 10.1. The van der Waals surface area contributed by atoms with Crippen LogP contribution in [0, 0.1) is 0 Å². The van der Waals surface area contributed by atoms with Gasteiger partial charge in [0, 0.05) is 39.5 Å². The smallest absolute Gasteiger partial charge is 0.112 e. The van der Waals surface area contributed by atoms with Gasteiger partial charge in [-0.25, -0.2) is 4.98 Å². The Morgan fingerprint density at radius 2 is 2.35 bits per heavy atom. The van der Waals surface area contributed by atoms with Gasteiger partial charge in [-0.3, -0.25) is 0 Å². The van der Waals surface area contributed by atoms with Crippen LogP contribution in [0.2, 0.25) is 0 Å². The van der Waals surface area contributed by atoms with Gasteiger partial charge in [-0.15, -0.1) is 0 Å². The summed E-state index contributed by atoms with van der Waals surface area (Å²) in [6, 6.07) is 0. The summed E-state index contributed by atoms with van der Waals surface area (Å²) in [5, 5.41) is 3.32. The summed E-state index contributed by atoms with van der Waals surface area (Å²) in [6.07, 6.45) is 8.08. The number of hydrogen-bond donors (Lipinski definition) is 1. The molecule has 0 aliphatic rings. The van der Waals surface area contributed by atoms with E-state index in [0.717, 1.165) is 38.4 Å². The van der Waals surface area contributed by atoms with Gasteiger partial charge in [0.25, 0.3) is 0 Å². The summed E-state index contributed by atoms with van der Waals surface area (Å²) in [5.41, 5.74) is 1.37. The second kappa shape index (κ2) is 8.03. The largest absolute Gasteiger partial charge is 0.383 e. The minimum Gasteiger partial charge on any atom is -0.383 e. The Labute approximate surface area is 104 Å². The van der Waals surface area contributed by atoms with Gasteiger partial charge >= 0.3 is 0 Å². The number of ether oxygens (including phenoxy) is 1. The fraction of sp³-hybridized carbons (Fsp3) is 0.615. The highest BCUT2D eigenvalue weighted by atomic mass is 16.5. The predicted molar refractivity (Wildman–Crippen MR) is 70.0 cm³/mol. The molecule has 0 radical (unpaired) electrons. The number of nitrogens with zero attached hydrogens (tertiary/aromatic N) is 2. The molecule has 1 N–H and O–H groups in total. The van der Waals surface area contributed by atoms with E-state index in [1.807, 2.05) is 19.4 Å². The number of rotatable bonds is 8. The number of hydrogen-bond acceptors (Lipinski definition) is 3. The molecule has 96 valence electrons. The number of methoxy groups -OCH3 is 1. The molecule has 0 aliphatic heterocycles. The maximum absolute atomic E-state index is 4.96. The lowest BCUT2D eigenvalue weighted by molar-refractivity contribution is 0.199. The summed E-state index contributed by atoms with van der Waals surface area (Å²) in [5.74, 6) is 1.12. The first-order valence-electron chi connectivity index (χ1n) is 6.05. The lowest BCUT2D eigenvalue weighted by Crippen LogP contribution is -2.19. The summed E-state index contributed by atoms with van der Waals surface area (Å²) in [7, 11) is 3.75. The second-order valence-electron chi connectivity index (χ2n) is 4.21. The number of aryl methyl sites for hydroxylation is 1. The third-order valence-corrected chi connectivity index (χ3v) is 2.65. The van der Waals surface area contributed by atoms with Crippen LogP contribution in [-0.2, 0) is 18.2 Å². The molecule has 0 unspecified atom stereocenters. The van der Waals surface area contributed by atoms with Crippen molar-refractivity contribution in [2.24, 2.45) is 7.05 Å². The number of imidazole rings is 1. The first-order valence-corrected chi connectivity index (χ1v) is 6.05. The average molecular weight is 237 g/mol. The van der Waals surface area contributed by atoms with Crippen LogP contribution in [0.4, 0.5) is 0 Å². The van der Waals surface area contributed by atoms with Gasteiger partial charge in [0.1, 0.15) is 5.82 Å². The first-order chi connectivity index (χ1) is 8.24. The fourth-order valence-electron chi connectivity index (χ4n) is 1.61. The highest BCUT2D eigenvalue weighted by molar-refractivity contribution is 5.08. The quantitative estimate of drug-likeness (QED) is 0.550. The van der Waals surface area contributed by atoms with Crippen molar-refractivity contribution in [2.75, 3.05) is 26.8 Å². The van der Waals surface area contributed by atoms with Gasteiger partial charge in [-0.05, 0) is 19.9 Å². The van der Waals surface area contributed by atoms with Crippen LogP contribution in [-0.4, -0.2) is 36.4 Å². The Hall–Kier alpha value is -1.13. The molecule has 0 bridgehead atoms. The molecular formula is C13H23N3O. The van der Waals surface area contributed by atoms with Gasteiger partial charge in [0.05, 0.1) is 6.61 Å². The monoisotopic (exact) mass is 237 g/mol. The Morgan fingerprint density at radius 3 is 3.00 bits per heavy atom. The van der Waals surface area contributed by atoms with Gasteiger partial charge in [0.15, 0.2) is 0 Å². The maximum Gasteiger partial charge on any atom is 0.112 e. The van der Waals surface area contributed by atoms with E-state index in [1.165, 1.54) is 5.57 Å². The van der Waals surface area contributed by atoms with Crippen LogP contribution in [0.5, 0.6) is 0 Å². The Bertz CT molecular complexity index is 344. The minimum atomic E-state index is 0.774. The van der Waals surface area contributed by atoms with E-state index < -0.39 is 0 Å². The van der Waals surface area contributed by atoms with Crippen LogP contribution >= 0.6 is 0 Å². The Kier molecular flexibility index (Phi) is 6.58. The van der Waals surface area contributed by atoms with E-state index in [4.69, 9.17) is 4.74 Å². The Balaban J connectivity index is 2.19. The van der Waals surface area contributed by atoms with Crippen molar-refractivity contribution >= 4 is 0 Å². The molecule has 0 amide bonds. The molecule has 1 heterocycles. The molecule has 0 fully saturated rings. The van der Waals surface area contributed by atoms with E-state index >= 15 is 0 Å². The normalized spacial score (nSPS) is 12.1. The third-order valence-electron chi connectivity index (χ3n) is 2.65. The minimum absolute atomic E-state index is 0.774. The van der Waals surface area contributed by atoms with Crippen molar-refractivity contribution in [3.8, 4) is 0 Å². The fourth-order valence-corrected chi connectivity index (χ4v) is 1.61. The zero-order chi connectivity index (χ0) is 12.5. The first kappa shape index (κ1) is 13.9. The van der Waals surface area contributed by atoms with E-state index in [2.05, 4.69) is 27.9 Å². The molecule has 0 saturated heterocycles.